The summed E-state index contributed by atoms with van der Waals surface area (Å²) in [4.78, 5) is 7.48. The maximum Gasteiger partial charge on any atom is 0.224 e. The van der Waals surface area contributed by atoms with Crippen molar-refractivity contribution in [2.24, 2.45) is 5.41 Å². The number of hydrogen-bond acceptors (Lipinski definition) is 3. The minimum atomic E-state index is -0.447. The van der Waals surface area contributed by atoms with Crippen molar-refractivity contribution in [1.82, 2.24) is 9.97 Å². The third kappa shape index (κ3) is 3.28. The lowest BCUT2D eigenvalue weighted by molar-refractivity contribution is 0.229. The Kier molecular flexibility index (Phi) is 3.52. The number of hydrogen-bond donors (Lipinski definition) is 1. The average molecular weight is 258 g/mol. The van der Waals surface area contributed by atoms with Crippen LogP contribution in [0.2, 0.25) is 5.28 Å². The van der Waals surface area contributed by atoms with Crippen LogP contribution in [-0.2, 0) is 0 Å². The summed E-state index contributed by atoms with van der Waals surface area (Å²) in [6, 6.07) is 0.263. The van der Waals surface area contributed by atoms with Gasteiger partial charge in [0, 0.05) is 6.04 Å². The molecular weight excluding hydrogens is 241 g/mol. The molecular formula is C12H17ClFN3. The molecule has 1 heterocycles. The molecule has 1 unspecified atom stereocenters. The van der Waals surface area contributed by atoms with Crippen LogP contribution in [0.3, 0.4) is 0 Å². The van der Waals surface area contributed by atoms with Crippen LogP contribution in [0.5, 0.6) is 0 Å². The van der Waals surface area contributed by atoms with Crippen LogP contribution < -0.4 is 5.32 Å². The summed E-state index contributed by atoms with van der Waals surface area (Å²) in [5.41, 5.74) is 0.309. The lowest BCUT2D eigenvalue weighted by Gasteiger charge is -2.35. The van der Waals surface area contributed by atoms with E-state index >= 15 is 0 Å². The minimum Gasteiger partial charge on any atom is -0.365 e. The summed E-state index contributed by atoms with van der Waals surface area (Å²) in [5, 5.41) is 3.21. The van der Waals surface area contributed by atoms with E-state index in [2.05, 4.69) is 29.1 Å². The Balaban J connectivity index is 2.07. The van der Waals surface area contributed by atoms with E-state index in [1.807, 2.05) is 0 Å². The Morgan fingerprint density at radius 2 is 2.29 bits per heavy atom. The van der Waals surface area contributed by atoms with E-state index in [0.29, 0.717) is 5.41 Å². The lowest BCUT2D eigenvalue weighted by atomic mass is 9.75. The van der Waals surface area contributed by atoms with Crippen molar-refractivity contribution in [3.8, 4) is 0 Å². The highest BCUT2D eigenvalue weighted by atomic mass is 35.5. The van der Waals surface area contributed by atoms with E-state index in [9.17, 15) is 4.39 Å². The average Bonchev–Trinajstić information content (AvgIpc) is 2.22. The Morgan fingerprint density at radius 1 is 1.53 bits per heavy atom. The molecule has 1 aromatic rings. The third-order valence-electron chi connectivity index (χ3n) is 3.26. The Labute approximate surface area is 106 Å². The van der Waals surface area contributed by atoms with Gasteiger partial charge in [-0.15, -0.1) is 0 Å². The van der Waals surface area contributed by atoms with Crippen LogP contribution in [0.4, 0.5) is 10.2 Å². The van der Waals surface area contributed by atoms with Crippen molar-refractivity contribution in [1.29, 1.82) is 0 Å². The molecule has 0 amide bonds. The second-order valence-corrected chi connectivity index (χ2v) is 5.78. The van der Waals surface area contributed by atoms with Crippen LogP contribution in [0.1, 0.15) is 39.5 Å². The molecule has 1 N–H and O–H groups in total. The van der Waals surface area contributed by atoms with Crippen LogP contribution >= 0.6 is 11.6 Å². The van der Waals surface area contributed by atoms with Gasteiger partial charge in [0.15, 0.2) is 11.6 Å². The molecule has 1 aliphatic rings. The fourth-order valence-electron chi connectivity index (χ4n) is 2.46. The van der Waals surface area contributed by atoms with E-state index in [-0.39, 0.29) is 17.1 Å². The molecule has 5 heteroatoms. The van der Waals surface area contributed by atoms with Crippen LogP contribution in [0.15, 0.2) is 6.20 Å². The van der Waals surface area contributed by atoms with Crippen molar-refractivity contribution in [2.45, 2.75) is 45.6 Å². The van der Waals surface area contributed by atoms with Gasteiger partial charge in [-0.05, 0) is 36.3 Å². The van der Waals surface area contributed by atoms with Crippen molar-refractivity contribution >= 4 is 17.4 Å². The lowest BCUT2D eigenvalue weighted by Crippen LogP contribution is -2.32. The Bertz CT molecular complexity index is 409. The largest absolute Gasteiger partial charge is 0.365 e. The molecule has 0 spiro atoms. The van der Waals surface area contributed by atoms with Crippen molar-refractivity contribution < 1.29 is 4.39 Å². The fraction of sp³-hybridized carbons (Fsp3) is 0.667. The SMILES string of the molecule is CC1(C)CCCC(Nc2nc(Cl)ncc2F)C1. The van der Waals surface area contributed by atoms with Gasteiger partial charge in [-0.3, -0.25) is 0 Å². The molecule has 17 heavy (non-hydrogen) atoms. The van der Waals surface area contributed by atoms with E-state index in [1.165, 1.54) is 6.42 Å². The number of nitrogens with one attached hydrogen (secondary N) is 1. The zero-order chi connectivity index (χ0) is 12.5. The minimum absolute atomic E-state index is 0.0731. The molecule has 1 saturated carbocycles. The van der Waals surface area contributed by atoms with Gasteiger partial charge in [-0.1, -0.05) is 20.3 Å². The number of anilines is 1. The van der Waals surface area contributed by atoms with Crippen LogP contribution in [-0.4, -0.2) is 16.0 Å². The Morgan fingerprint density at radius 3 is 3.00 bits per heavy atom. The standard InChI is InChI=1S/C12H17ClFN3/c1-12(2)5-3-4-8(6-12)16-10-9(14)7-15-11(13)17-10/h7-8H,3-6H2,1-2H3,(H,15,16,17). The number of nitrogens with zero attached hydrogens (tertiary/aromatic N) is 2. The number of rotatable bonds is 2. The summed E-state index contributed by atoms with van der Waals surface area (Å²) in [7, 11) is 0. The zero-order valence-corrected chi connectivity index (χ0v) is 10.9. The molecule has 0 bridgehead atoms. The molecule has 0 aromatic carbocycles. The first-order valence-electron chi connectivity index (χ1n) is 5.91. The highest BCUT2D eigenvalue weighted by Crippen LogP contribution is 2.36. The van der Waals surface area contributed by atoms with Gasteiger partial charge >= 0.3 is 0 Å². The van der Waals surface area contributed by atoms with Crippen LogP contribution in [0, 0.1) is 11.2 Å². The molecule has 0 saturated heterocycles. The summed E-state index contributed by atoms with van der Waals surface area (Å²) in [6.45, 7) is 4.48. The zero-order valence-electron chi connectivity index (χ0n) is 10.1. The van der Waals surface area contributed by atoms with Crippen molar-refractivity contribution in [3.63, 3.8) is 0 Å². The molecule has 3 nitrogen and oxygen atoms in total. The quantitative estimate of drug-likeness (QED) is 0.822. The first-order chi connectivity index (χ1) is 7.96. The van der Waals surface area contributed by atoms with Gasteiger partial charge in [0.2, 0.25) is 5.28 Å². The van der Waals surface area contributed by atoms with E-state index in [1.54, 1.807) is 0 Å². The van der Waals surface area contributed by atoms with E-state index in [4.69, 9.17) is 11.6 Å². The molecule has 1 aromatic heterocycles. The van der Waals surface area contributed by atoms with Gasteiger partial charge in [0.05, 0.1) is 6.20 Å². The summed E-state index contributed by atoms with van der Waals surface area (Å²) >= 11 is 5.66. The van der Waals surface area contributed by atoms with E-state index < -0.39 is 5.82 Å². The van der Waals surface area contributed by atoms with Gasteiger partial charge in [0.1, 0.15) is 0 Å². The molecule has 1 fully saturated rings. The van der Waals surface area contributed by atoms with Gasteiger partial charge in [-0.25, -0.2) is 9.37 Å². The third-order valence-corrected chi connectivity index (χ3v) is 3.44. The summed E-state index contributed by atoms with van der Waals surface area (Å²) in [6.07, 6.45) is 5.55. The maximum absolute atomic E-state index is 13.5. The normalized spacial score (nSPS) is 23.4. The second kappa shape index (κ2) is 4.77. The highest BCUT2D eigenvalue weighted by Gasteiger charge is 2.28. The predicted octanol–water partition coefficient (Wildman–Crippen LogP) is 3.65. The predicted molar refractivity (Wildman–Crippen MR) is 66.7 cm³/mol. The van der Waals surface area contributed by atoms with E-state index in [0.717, 1.165) is 25.5 Å². The molecule has 1 aliphatic carbocycles. The molecule has 1 atom stereocenters. The van der Waals surface area contributed by atoms with Gasteiger partial charge in [-0.2, -0.15) is 4.98 Å². The van der Waals surface area contributed by atoms with Gasteiger partial charge in [0.25, 0.3) is 0 Å². The van der Waals surface area contributed by atoms with Crippen molar-refractivity contribution in [2.75, 3.05) is 5.32 Å². The van der Waals surface area contributed by atoms with Gasteiger partial charge < -0.3 is 5.32 Å². The molecule has 94 valence electrons. The number of aromatic nitrogens is 2. The summed E-state index contributed by atoms with van der Waals surface area (Å²) < 4.78 is 13.5. The highest BCUT2D eigenvalue weighted by molar-refractivity contribution is 6.28. The molecule has 2 rings (SSSR count). The topological polar surface area (TPSA) is 37.8 Å². The summed E-state index contributed by atoms with van der Waals surface area (Å²) in [5.74, 6) is -0.231. The van der Waals surface area contributed by atoms with Crippen molar-refractivity contribution in [3.05, 3.63) is 17.3 Å². The van der Waals surface area contributed by atoms with Crippen LogP contribution in [0.25, 0.3) is 0 Å². The first kappa shape index (κ1) is 12.6. The Hall–Kier alpha value is -0.900. The molecule has 0 aliphatic heterocycles. The monoisotopic (exact) mass is 257 g/mol. The fourth-order valence-corrected chi connectivity index (χ4v) is 2.59. The molecule has 0 radical (unpaired) electrons. The first-order valence-corrected chi connectivity index (χ1v) is 6.29. The smallest absolute Gasteiger partial charge is 0.224 e. The maximum atomic E-state index is 13.5. The second-order valence-electron chi connectivity index (χ2n) is 5.44. The number of halogens is 2.